The first-order valence-corrected chi connectivity index (χ1v) is 9.25. The summed E-state index contributed by atoms with van der Waals surface area (Å²) >= 11 is 6.32. The quantitative estimate of drug-likeness (QED) is 0.740. The first-order valence-electron chi connectivity index (χ1n) is 8.88. The van der Waals surface area contributed by atoms with E-state index in [-0.39, 0.29) is 12.1 Å². The van der Waals surface area contributed by atoms with Crippen LogP contribution in [0.3, 0.4) is 0 Å². The van der Waals surface area contributed by atoms with Gasteiger partial charge < -0.3 is 20.3 Å². The Kier molecular flexibility index (Phi) is 4.39. The molecule has 4 rings (SSSR count). The smallest absolute Gasteiger partial charge is 0.0829 e. The van der Waals surface area contributed by atoms with Crippen LogP contribution in [-0.4, -0.2) is 33.3 Å². The number of benzene rings is 1. The lowest BCUT2D eigenvalue weighted by Gasteiger charge is -2.38. The van der Waals surface area contributed by atoms with E-state index in [0.29, 0.717) is 5.02 Å². The third-order valence-electron chi connectivity index (χ3n) is 5.37. The number of aliphatic hydroxyl groups is 1. The molecule has 0 atom stereocenters. The van der Waals surface area contributed by atoms with Gasteiger partial charge in [0.2, 0.25) is 0 Å². The molecule has 1 aromatic carbocycles. The van der Waals surface area contributed by atoms with E-state index in [4.69, 9.17) is 17.3 Å². The number of anilines is 1. The molecule has 0 spiro atoms. The molecular weight excluding hydrogens is 348 g/mol. The molecule has 3 N–H and O–H groups in total. The number of fused-ring (bicyclic) bond motifs is 1. The van der Waals surface area contributed by atoms with E-state index >= 15 is 0 Å². The second-order valence-electron chi connectivity index (χ2n) is 7.31. The zero-order valence-electron chi connectivity index (χ0n) is 14.8. The first kappa shape index (κ1) is 17.3. The summed E-state index contributed by atoms with van der Waals surface area (Å²) in [5.41, 5.74) is 10.1. The average Bonchev–Trinajstić information content (AvgIpc) is 3.05. The minimum atomic E-state index is -0.0958. The summed E-state index contributed by atoms with van der Waals surface area (Å²) in [5.74, 6) is 0. The van der Waals surface area contributed by atoms with Crippen molar-refractivity contribution in [2.75, 3.05) is 18.0 Å². The fourth-order valence-corrected chi connectivity index (χ4v) is 3.97. The van der Waals surface area contributed by atoms with Crippen LogP contribution < -0.4 is 10.6 Å². The highest BCUT2D eigenvalue weighted by atomic mass is 35.5. The van der Waals surface area contributed by atoms with E-state index in [1.807, 2.05) is 22.9 Å². The number of halogens is 1. The van der Waals surface area contributed by atoms with Crippen LogP contribution in [0.4, 0.5) is 5.69 Å². The number of nitrogens with two attached hydrogens (primary N) is 1. The van der Waals surface area contributed by atoms with Crippen molar-refractivity contribution in [1.82, 2.24) is 9.55 Å². The molecule has 0 aliphatic carbocycles. The summed E-state index contributed by atoms with van der Waals surface area (Å²) < 4.78 is 2.04. The molecule has 0 amide bonds. The van der Waals surface area contributed by atoms with Gasteiger partial charge in [0.25, 0.3) is 0 Å². The van der Waals surface area contributed by atoms with Crippen LogP contribution in [0.5, 0.6) is 0 Å². The number of hydrogen-bond acceptors (Lipinski definition) is 4. The molecule has 3 heterocycles. The molecule has 0 unspecified atom stereocenters. The lowest BCUT2D eigenvalue weighted by molar-refractivity contribution is 0.283. The van der Waals surface area contributed by atoms with E-state index in [2.05, 4.69) is 28.9 Å². The number of aromatic nitrogens is 2. The van der Waals surface area contributed by atoms with E-state index in [1.54, 1.807) is 12.4 Å². The molecule has 2 aromatic heterocycles. The summed E-state index contributed by atoms with van der Waals surface area (Å²) in [5, 5.41) is 11.7. The van der Waals surface area contributed by atoms with Crippen molar-refractivity contribution in [2.24, 2.45) is 5.73 Å². The van der Waals surface area contributed by atoms with Gasteiger partial charge in [-0.25, -0.2) is 0 Å². The highest BCUT2D eigenvalue weighted by Gasteiger charge is 2.27. The third kappa shape index (κ3) is 2.96. The van der Waals surface area contributed by atoms with Gasteiger partial charge in [-0.3, -0.25) is 4.98 Å². The van der Waals surface area contributed by atoms with Crippen LogP contribution in [0, 0.1) is 0 Å². The summed E-state index contributed by atoms with van der Waals surface area (Å²) in [7, 11) is 0. The molecular formula is C20H23ClN4O. The van der Waals surface area contributed by atoms with Crippen molar-refractivity contribution >= 4 is 28.2 Å². The Hall–Kier alpha value is -2.08. The predicted molar refractivity (Wildman–Crippen MR) is 106 cm³/mol. The predicted octanol–water partition coefficient (Wildman–Crippen LogP) is 3.49. The molecule has 1 aliphatic heterocycles. The topological polar surface area (TPSA) is 67.3 Å². The van der Waals surface area contributed by atoms with Crippen molar-refractivity contribution in [3.63, 3.8) is 0 Å². The second-order valence-corrected chi connectivity index (χ2v) is 7.72. The molecule has 1 aliphatic rings. The van der Waals surface area contributed by atoms with Crippen molar-refractivity contribution in [1.29, 1.82) is 0 Å². The molecule has 1 fully saturated rings. The zero-order valence-corrected chi connectivity index (χ0v) is 15.6. The third-order valence-corrected chi connectivity index (χ3v) is 5.67. The number of hydrogen-bond donors (Lipinski definition) is 2. The van der Waals surface area contributed by atoms with Gasteiger partial charge in [0.05, 0.1) is 22.8 Å². The fraction of sp³-hybridized carbons (Fsp3) is 0.350. The van der Waals surface area contributed by atoms with Gasteiger partial charge in [-0.15, -0.1) is 0 Å². The maximum absolute atomic E-state index is 10.1. The Morgan fingerprint density at radius 1 is 1.19 bits per heavy atom. The Morgan fingerprint density at radius 2 is 1.96 bits per heavy atom. The van der Waals surface area contributed by atoms with Crippen LogP contribution in [0.2, 0.25) is 5.02 Å². The Balaban J connectivity index is 1.78. The molecule has 0 bridgehead atoms. The van der Waals surface area contributed by atoms with Crippen LogP contribution in [0.25, 0.3) is 16.6 Å². The van der Waals surface area contributed by atoms with Gasteiger partial charge in [-0.05, 0) is 44.0 Å². The van der Waals surface area contributed by atoms with Gasteiger partial charge in [-0.2, -0.15) is 0 Å². The van der Waals surface area contributed by atoms with E-state index in [0.717, 1.165) is 53.8 Å². The van der Waals surface area contributed by atoms with Gasteiger partial charge in [0, 0.05) is 53.9 Å². The highest BCUT2D eigenvalue weighted by molar-refractivity contribution is 6.32. The normalized spacial score (nSPS) is 17.0. The summed E-state index contributed by atoms with van der Waals surface area (Å²) in [6.07, 6.45) is 7.25. The molecule has 0 radical (unpaired) electrons. The minimum absolute atomic E-state index is 0.00282. The van der Waals surface area contributed by atoms with Gasteiger partial charge in [-0.1, -0.05) is 11.6 Å². The summed E-state index contributed by atoms with van der Waals surface area (Å²) in [4.78, 5) is 6.38. The highest BCUT2D eigenvalue weighted by Crippen LogP contribution is 2.34. The molecule has 0 saturated carbocycles. The van der Waals surface area contributed by atoms with Crippen LogP contribution >= 0.6 is 11.6 Å². The van der Waals surface area contributed by atoms with E-state index < -0.39 is 0 Å². The van der Waals surface area contributed by atoms with Crippen LogP contribution in [0.15, 0.2) is 42.9 Å². The summed E-state index contributed by atoms with van der Waals surface area (Å²) in [6.45, 7) is 3.92. The molecule has 136 valence electrons. The van der Waals surface area contributed by atoms with Crippen molar-refractivity contribution in [2.45, 2.75) is 31.9 Å². The average molecular weight is 371 g/mol. The van der Waals surface area contributed by atoms with Gasteiger partial charge in [0.15, 0.2) is 0 Å². The fourth-order valence-electron chi connectivity index (χ4n) is 3.76. The van der Waals surface area contributed by atoms with E-state index in [1.165, 1.54) is 0 Å². The number of pyridine rings is 1. The lowest BCUT2D eigenvalue weighted by Crippen LogP contribution is -2.48. The Bertz CT molecular complexity index is 940. The lowest BCUT2D eigenvalue weighted by atomic mass is 9.90. The summed E-state index contributed by atoms with van der Waals surface area (Å²) in [6, 6.07) is 8.12. The Labute approximate surface area is 158 Å². The molecule has 26 heavy (non-hydrogen) atoms. The van der Waals surface area contributed by atoms with Gasteiger partial charge >= 0.3 is 0 Å². The number of rotatable bonds is 3. The molecule has 5 nitrogen and oxygen atoms in total. The van der Waals surface area contributed by atoms with Gasteiger partial charge in [0.1, 0.15) is 0 Å². The first-order chi connectivity index (χ1) is 12.5. The van der Waals surface area contributed by atoms with Crippen LogP contribution in [-0.2, 0) is 6.61 Å². The minimum Gasteiger partial charge on any atom is -0.392 e. The van der Waals surface area contributed by atoms with E-state index in [9.17, 15) is 5.11 Å². The monoisotopic (exact) mass is 370 g/mol. The standard InChI is InChI=1S/C20H23ClN4O/c1-20(22)6-10-24(11-7-20)17-2-3-18-14(15(17)13-26)5-9-25(18)19-4-8-23-12-16(19)21/h2-5,8-9,12,26H,6-7,10-11,13,22H2,1H3. The second kappa shape index (κ2) is 6.58. The maximum atomic E-state index is 10.1. The largest absolute Gasteiger partial charge is 0.392 e. The van der Waals surface area contributed by atoms with Crippen molar-refractivity contribution in [3.8, 4) is 5.69 Å². The maximum Gasteiger partial charge on any atom is 0.0829 e. The number of aliphatic hydroxyl groups excluding tert-OH is 1. The molecule has 3 aromatic rings. The Morgan fingerprint density at radius 3 is 2.65 bits per heavy atom. The van der Waals surface area contributed by atoms with Crippen molar-refractivity contribution in [3.05, 3.63) is 53.4 Å². The number of nitrogens with zero attached hydrogens (tertiary/aromatic N) is 3. The molecule has 1 saturated heterocycles. The number of piperidine rings is 1. The SMILES string of the molecule is CC1(N)CCN(c2ccc3c(ccn3-c3ccncc3Cl)c2CO)CC1. The molecule has 6 heteroatoms. The zero-order chi connectivity index (χ0) is 18.3. The van der Waals surface area contributed by atoms with Crippen molar-refractivity contribution < 1.29 is 5.11 Å². The van der Waals surface area contributed by atoms with Crippen LogP contribution in [0.1, 0.15) is 25.3 Å².